The summed E-state index contributed by atoms with van der Waals surface area (Å²) in [4.78, 5) is 11.1. The second kappa shape index (κ2) is 5.94. The van der Waals surface area contributed by atoms with Crippen molar-refractivity contribution in [2.75, 3.05) is 36.3 Å². The summed E-state index contributed by atoms with van der Waals surface area (Å²) in [5.74, 6) is 8.73. The monoisotopic (exact) mass is 283 g/mol. The lowest BCUT2D eigenvalue weighted by atomic mass is 10.2. The van der Waals surface area contributed by atoms with E-state index in [1.54, 1.807) is 7.11 Å². The summed E-state index contributed by atoms with van der Waals surface area (Å²) in [7, 11) is 1.63. The van der Waals surface area contributed by atoms with E-state index >= 15 is 0 Å². The van der Waals surface area contributed by atoms with Crippen molar-refractivity contribution in [3.8, 4) is 0 Å². The van der Waals surface area contributed by atoms with Crippen molar-refractivity contribution in [3.05, 3.63) is 11.9 Å². The number of ether oxygens (including phenoxy) is 1. The lowest BCUT2D eigenvalue weighted by Crippen LogP contribution is -2.43. The van der Waals surface area contributed by atoms with Gasteiger partial charge in [0.1, 0.15) is 18.2 Å². The fourth-order valence-corrected chi connectivity index (χ4v) is 3.24. The first kappa shape index (κ1) is 14.4. The molecule has 2 rings (SSSR count). The Morgan fingerprint density at radius 1 is 1.53 bits per heavy atom. The summed E-state index contributed by atoms with van der Waals surface area (Å²) in [6.07, 6.45) is 0. The van der Waals surface area contributed by atoms with Gasteiger partial charge in [-0.25, -0.2) is 15.8 Å². The van der Waals surface area contributed by atoms with Gasteiger partial charge in [-0.2, -0.15) is 11.8 Å². The zero-order valence-electron chi connectivity index (χ0n) is 11.6. The number of hydrogen-bond acceptors (Lipinski definition) is 7. The minimum atomic E-state index is 0.237. The van der Waals surface area contributed by atoms with Crippen LogP contribution in [0.1, 0.15) is 19.7 Å². The molecule has 1 saturated heterocycles. The average molecular weight is 283 g/mol. The summed E-state index contributed by atoms with van der Waals surface area (Å²) in [6.45, 7) is 6.84. The van der Waals surface area contributed by atoms with E-state index in [2.05, 4.69) is 34.1 Å². The van der Waals surface area contributed by atoms with Crippen LogP contribution >= 0.6 is 11.8 Å². The summed E-state index contributed by atoms with van der Waals surface area (Å²) < 4.78 is 5.33. The SMILES string of the molecule is COCc1nc(NN)cc(N2CCSC(C)(C)C2)n1. The van der Waals surface area contributed by atoms with Crippen LogP contribution in [0.15, 0.2) is 6.07 Å². The smallest absolute Gasteiger partial charge is 0.158 e. The summed E-state index contributed by atoms with van der Waals surface area (Å²) in [6, 6.07) is 1.88. The maximum Gasteiger partial charge on any atom is 0.158 e. The van der Waals surface area contributed by atoms with Gasteiger partial charge in [-0.3, -0.25) is 0 Å². The van der Waals surface area contributed by atoms with Crippen molar-refractivity contribution in [2.24, 2.45) is 5.84 Å². The topological polar surface area (TPSA) is 76.3 Å². The molecule has 2 heterocycles. The fourth-order valence-electron chi connectivity index (χ4n) is 2.12. The highest BCUT2D eigenvalue weighted by atomic mass is 32.2. The summed E-state index contributed by atoms with van der Waals surface area (Å²) >= 11 is 1.99. The van der Waals surface area contributed by atoms with Crippen LogP contribution in [0, 0.1) is 0 Å². The molecule has 1 aromatic rings. The number of nitrogen functional groups attached to an aromatic ring is 1. The van der Waals surface area contributed by atoms with Crippen LogP contribution in [0.3, 0.4) is 0 Å². The van der Waals surface area contributed by atoms with Crippen molar-refractivity contribution in [3.63, 3.8) is 0 Å². The Hall–Kier alpha value is -1.05. The molecule has 1 aromatic heterocycles. The van der Waals surface area contributed by atoms with Gasteiger partial charge < -0.3 is 15.1 Å². The van der Waals surface area contributed by atoms with Crippen molar-refractivity contribution < 1.29 is 4.74 Å². The van der Waals surface area contributed by atoms with Crippen LogP contribution in [0.4, 0.5) is 11.6 Å². The number of nitrogens with one attached hydrogen (secondary N) is 1. The van der Waals surface area contributed by atoms with E-state index in [0.29, 0.717) is 18.2 Å². The van der Waals surface area contributed by atoms with E-state index in [0.717, 1.165) is 24.7 Å². The third-order valence-electron chi connectivity index (χ3n) is 2.93. The Labute approximate surface area is 118 Å². The van der Waals surface area contributed by atoms with Crippen molar-refractivity contribution in [2.45, 2.75) is 25.2 Å². The highest BCUT2D eigenvalue weighted by Crippen LogP contribution is 2.32. The van der Waals surface area contributed by atoms with Crippen molar-refractivity contribution in [1.29, 1.82) is 0 Å². The van der Waals surface area contributed by atoms with Gasteiger partial charge in [-0.1, -0.05) is 0 Å². The molecule has 1 aliphatic heterocycles. The molecule has 0 unspecified atom stereocenters. The zero-order chi connectivity index (χ0) is 13.9. The number of rotatable bonds is 4. The number of methoxy groups -OCH3 is 1. The molecule has 3 N–H and O–H groups in total. The van der Waals surface area contributed by atoms with E-state index < -0.39 is 0 Å². The molecule has 0 radical (unpaired) electrons. The third-order valence-corrected chi connectivity index (χ3v) is 4.23. The number of aromatic nitrogens is 2. The molecule has 0 bridgehead atoms. The predicted molar refractivity (Wildman–Crippen MR) is 79.3 cm³/mol. The van der Waals surface area contributed by atoms with Gasteiger partial charge in [-0.15, -0.1) is 0 Å². The molecule has 7 heteroatoms. The maximum atomic E-state index is 5.46. The molecular formula is C12H21N5OS. The van der Waals surface area contributed by atoms with E-state index in [9.17, 15) is 0 Å². The molecule has 0 aromatic carbocycles. The molecule has 0 atom stereocenters. The van der Waals surface area contributed by atoms with Crippen LogP contribution in [0.5, 0.6) is 0 Å². The summed E-state index contributed by atoms with van der Waals surface area (Å²) in [5, 5.41) is 0. The number of hydrogen-bond donors (Lipinski definition) is 2. The van der Waals surface area contributed by atoms with Gasteiger partial charge in [0.15, 0.2) is 5.82 Å². The largest absolute Gasteiger partial charge is 0.377 e. The van der Waals surface area contributed by atoms with Gasteiger partial charge in [0, 0.05) is 36.8 Å². The molecule has 0 spiro atoms. The zero-order valence-corrected chi connectivity index (χ0v) is 12.5. The highest BCUT2D eigenvalue weighted by Gasteiger charge is 2.28. The average Bonchev–Trinajstić information content (AvgIpc) is 2.37. The quantitative estimate of drug-likeness (QED) is 0.636. The lowest BCUT2D eigenvalue weighted by molar-refractivity contribution is 0.178. The van der Waals surface area contributed by atoms with Gasteiger partial charge in [0.05, 0.1) is 0 Å². The minimum absolute atomic E-state index is 0.237. The molecule has 1 fully saturated rings. The lowest BCUT2D eigenvalue weighted by Gasteiger charge is -2.38. The predicted octanol–water partition coefficient (Wildman–Crippen LogP) is 1.24. The molecule has 0 amide bonds. The number of hydrazine groups is 1. The first-order valence-electron chi connectivity index (χ1n) is 6.26. The van der Waals surface area contributed by atoms with Crippen molar-refractivity contribution in [1.82, 2.24) is 9.97 Å². The van der Waals surface area contributed by atoms with Gasteiger partial charge in [0.2, 0.25) is 0 Å². The maximum absolute atomic E-state index is 5.46. The van der Waals surface area contributed by atoms with Gasteiger partial charge in [-0.05, 0) is 13.8 Å². The van der Waals surface area contributed by atoms with Crippen LogP contribution < -0.4 is 16.2 Å². The van der Waals surface area contributed by atoms with Crippen LogP contribution in [-0.2, 0) is 11.3 Å². The van der Waals surface area contributed by atoms with Crippen LogP contribution in [0.2, 0.25) is 0 Å². The second-order valence-corrected chi connectivity index (χ2v) is 6.94. The molecule has 1 aliphatic rings. The van der Waals surface area contributed by atoms with Crippen LogP contribution in [0.25, 0.3) is 0 Å². The Bertz CT molecular complexity index is 440. The fraction of sp³-hybridized carbons (Fsp3) is 0.667. The Morgan fingerprint density at radius 2 is 2.32 bits per heavy atom. The third kappa shape index (κ3) is 3.71. The molecule has 19 heavy (non-hydrogen) atoms. The van der Waals surface area contributed by atoms with E-state index in [1.807, 2.05) is 17.8 Å². The number of thioether (sulfide) groups is 1. The number of nitrogens with zero attached hydrogens (tertiary/aromatic N) is 3. The van der Waals surface area contributed by atoms with Crippen molar-refractivity contribution >= 4 is 23.4 Å². The second-order valence-electron chi connectivity index (χ2n) is 5.13. The van der Waals surface area contributed by atoms with Crippen LogP contribution in [-0.4, -0.2) is 40.7 Å². The highest BCUT2D eigenvalue weighted by molar-refractivity contribution is 8.00. The van der Waals surface area contributed by atoms with E-state index in [1.165, 1.54) is 0 Å². The number of anilines is 2. The summed E-state index contributed by atoms with van der Waals surface area (Å²) in [5.41, 5.74) is 2.59. The Kier molecular flexibility index (Phi) is 4.49. The molecule has 6 nitrogen and oxygen atoms in total. The molecular weight excluding hydrogens is 262 g/mol. The van der Waals surface area contributed by atoms with Gasteiger partial charge >= 0.3 is 0 Å². The Balaban J connectivity index is 2.25. The Morgan fingerprint density at radius 3 is 2.95 bits per heavy atom. The molecule has 106 valence electrons. The first-order valence-corrected chi connectivity index (χ1v) is 7.25. The first-order chi connectivity index (χ1) is 9.04. The minimum Gasteiger partial charge on any atom is -0.377 e. The number of nitrogens with two attached hydrogens (primary N) is 1. The van der Waals surface area contributed by atoms with E-state index in [-0.39, 0.29) is 4.75 Å². The normalized spacial score (nSPS) is 18.4. The van der Waals surface area contributed by atoms with E-state index in [4.69, 9.17) is 10.6 Å². The molecule has 0 saturated carbocycles. The standard InChI is InChI=1S/C12H21N5OS/c1-12(2)8-17(4-5-19-12)11-6-9(16-13)14-10(15-11)7-18-3/h6H,4-5,7-8,13H2,1-3H3,(H,14,15,16). The van der Waals surface area contributed by atoms with Gasteiger partial charge in [0.25, 0.3) is 0 Å². The molecule has 0 aliphatic carbocycles.